The van der Waals surface area contributed by atoms with Crippen molar-refractivity contribution < 1.29 is 14.3 Å². The molecule has 7 nitrogen and oxygen atoms in total. The number of aromatic nitrogens is 2. The topological polar surface area (TPSA) is 93.2 Å². The van der Waals surface area contributed by atoms with Crippen LogP contribution in [0.25, 0.3) is 11.4 Å². The number of aryl methyl sites for hydroxylation is 1. The summed E-state index contributed by atoms with van der Waals surface area (Å²) < 4.78 is 4.84. The monoisotopic (exact) mass is 368 g/mol. The number of carbonyl (C=O) groups excluding carboxylic acids is 2. The van der Waals surface area contributed by atoms with Gasteiger partial charge < -0.3 is 15.4 Å². The van der Waals surface area contributed by atoms with Crippen LogP contribution in [-0.4, -0.2) is 35.1 Å². The molecule has 27 heavy (non-hydrogen) atoms. The zero-order valence-corrected chi connectivity index (χ0v) is 15.4. The van der Waals surface area contributed by atoms with Crippen LogP contribution in [0.2, 0.25) is 0 Å². The Bertz CT molecular complexity index is 795. The van der Waals surface area contributed by atoms with Crippen LogP contribution in [0.1, 0.15) is 43.5 Å². The molecule has 1 aliphatic rings. The molecule has 0 fully saturated rings. The predicted molar refractivity (Wildman–Crippen MR) is 101 cm³/mol. The maximum atomic E-state index is 12.1. The third-order valence-electron chi connectivity index (χ3n) is 4.44. The number of hydrogen-bond donors (Lipinski definition) is 2. The lowest BCUT2D eigenvalue weighted by atomic mass is 9.92. The van der Waals surface area contributed by atoms with Crippen molar-refractivity contribution in [3.8, 4) is 11.4 Å². The van der Waals surface area contributed by atoms with Crippen molar-refractivity contribution in [3.05, 3.63) is 47.8 Å². The Morgan fingerprint density at radius 3 is 2.85 bits per heavy atom. The summed E-state index contributed by atoms with van der Waals surface area (Å²) in [7, 11) is 0. The molecule has 0 saturated carbocycles. The maximum Gasteiger partial charge on any atom is 0.315 e. The summed E-state index contributed by atoms with van der Waals surface area (Å²) in [5.74, 6) is 0.386. The Hall–Kier alpha value is -2.96. The smallest absolute Gasteiger partial charge is 0.315 e. The Kier molecular flexibility index (Phi) is 6.35. The summed E-state index contributed by atoms with van der Waals surface area (Å²) in [6, 6.07) is 9.42. The molecule has 1 aromatic heterocycles. The SMILES string of the molecule is CCOC(=O)CCNC(=O)NC1CCCc2nc(-c3ccccc3)ncc21. The van der Waals surface area contributed by atoms with Crippen LogP contribution >= 0.6 is 0 Å². The van der Waals surface area contributed by atoms with E-state index in [2.05, 4.69) is 15.6 Å². The highest BCUT2D eigenvalue weighted by molar-refractivity contribution is 5.76. The first-order valence-electron chi connectivity index (χ1n) is 9.28. The summed E-state index contributed by atoms with van der Waals surface area (Å²) in [5.41, 5.74) is 2.92. The molecule has 142 valence electrons. The van der Waals surface area contributed by atoms with Crippen molar-refractivity contribution >= 4 is 12.0 Å². The first-order chi connectivity index (χ1) is 13.2. The fourth-order valence-corrected chi connectivity index (χ4v) is 3.14. The summed E-state index contributed by atoms with van der Waals surface area (Å²) in [5, 5.41) is 5.65. The average molecular weight is 368 g/mol. The maximum absolute atomic E-state index is 12.1. The van der Waals surface area contributed by atoms with E-state index in [0.717, 1.165) is 36.1 Å². The minimum absolute atomic E-state index is 0.124. The Labute approximate surface area is 158 Å². The normalized spacial score (nSPS) is 15.5. The van der Waals surface area contributed by atoms with E-state index in [9.17, 15) is 9.59 Å². The molecule has 3 rings (SSSR count). The quantitative estimate of drug-likeness (QED) is 0.765. The van der Waals surface area contributed by atoms with E-state index in [0.29, 0.717) is 12.4 Å². The standard InChI is InChI=1S/C20H24N4O3/c1-2-27-18(25)11-12-21-20(26)24-17-10-6-9-16-15(17)13-22-19(23-16)14-7-4-3-5-8-14/h3-5,7-8,13,17H,2,6,9-12H2,1H3,(H2,21,24,26). The van der Waals surface area contributed by atoms with Crippen molar-refractivity contribution in [2.75, 3.05) is 13.2 Å². The number of esters is 1. The summed E-state index contributed by atoms with van der Waals surface area (Å²) in [6.45, 7) is 2.34. The molecule has 0 bridgehead atoms. The number of amides is 2. The van der Waals surface area contributed by atoms with Gasteiger partial charge in [-0.1, -0.05) is 30.3 Å². The van der Waals surface area contributed by atoms with E-state index in [-0.39, 0.29) is 31.0 Å². The third kappa shape index (κ3) is 5.03. The second-order valence-corrected chi connectivity index (χ2v) is 6.36. The van der Waals surface area contributed by atoms with Gasteiger partial charge in [0, 0.05) is 29.6 Å². The summed E-state index contributed by atoms with van der Waals surface area (Å²) >= 11 is 0. The van der Waals surface area contributed by atoms with Gasteiger partial charge in [-0.3, -0.25) is 4.79 Å². The number of ether oxygens (including phenoxy) is 1. The summed E-state index contributed by atoms with van der Waals surface area (Å²) in [6.07, 6.45) is 4.64. The van der Waals surface area contributed by atoms with Gasteiger partial charge in [-0.25, -0.2) is 14.8 Å². The van der Waals surface area contributed by atoms with Crippen LogP contribution in [0.5, 0.6) is 0 Å². The fourth-order valence-electron chi connectivity index (χ4n) is 3.14. The highest BCUT2D eigenvalue weighted by Gasteiger charge is 2.24. The number of hydrogen-bond acceptors (Lipinski definition) is 5. The second kappa shape index (κ2) is 9.12. The second-order valence-electron chi connectivity index (χ2n) is 6.36. The van der Waals surface area contributed by atoms with E-state index in [4.69, 9.17) is 9.72 Å². The minimum Gasteiger partial charge on any atom is -0.466 e. The average Bonchev–Trinajstić information content (AvgIpc) is 2.69. The largest absolute Gasteiger partial charge is 0.466 e. The van der Waals surface area contributed by atoms with Gasteiger partial charge in [-0.2, -0.15) is 0 Å². The van der Waals surface area contributed by atoms with Crippen LogP contribution in [-0.2, 0) is 16.0 Å². The lowest BCUT2D eigenvalue weighted by molar-refractivity contribution is -0.142. The van der Waals surface area contributed by atoms with Crippen molar-refractivity contribution in [2.45, 2.75) is 38.6 Å². The molecule has 2 amide bonds. The lowest BCUT2D eigenvalue weighted by Gasteiger charge is -2.25. The zero-order chi connectivity index (χ0) is 19.1. The van der Waals surface area contributed by atoms with E-state index in [1.54, 1.807) is 6.92 Å². The number of carbonyl (C=O) groups is 2. The summed E-state index contributed by atoms with van der Waals surface area (Å²) in [4.78, 5) is 32.6. The molecule has 1 atom stereocenters. The van der Waals surface area contributed by atoms with Crippen molar-refractivity contribution in [1.29, 1.82) is 0 Å². The van der Waals surface area contributed by atoms with Gasteiger partial charge in [0.25, 0.3) is 0 Å². The number of fused-ring (bicyclic) bond motifs is 1. The van der Waals surface area contributed by atoms with E-state index in [1.165, 1.54) is 0 Å². The molecule has 0 radical (unpaired) electrons. The molecule has 1 aliphatic carbocycles. The van der Waals surface area contributed by atoms with Crippen LogP contribution in [0.3, 0.4) is 0 Å². The van der Waals surface area contributed by atoms with Gasteiger partial charge in [0.1, 0.15) is 0 Å². The molecular weight excluding hydrogens is 344 g/mol. The van der Waals surface area contributed by atoms with E-state index in [1.807, 2.05) is 36.5 Å². The van der Waals surface area contributed by atoms with Gasteiger partial charge in [0.2, 0.25) is 0 Å². The van der Waals surface area contributed by atoms with Crippen LogP contribution in [0.15, 0.2) is 36.5 Å². The van der Waals surface area contributed by atoms with Crippen molar-refractivity contribution in [2.24, 2.45) is 0 Å². The first-order valence-corrected chi connectivity index (χ1v) is 9.28. The predicted octanol–water partition coefficient (Wildman–Crippen LogP) is 2.77. The zero-order valence-electron chi connectivity index (χ0n) is 15.4. The molecular formula is C20H24N4O3. The minimum atomic E-state index is -0.317. The molecule has 1 heterocycles. The van der Waals surface area contributed by atoms with Crippen molar-refractivity contribution in [1.82, 2.24) is 20.6 Å². The van der Waals surface area contributed by atoms with Crippen LogP contribution in [0, 0.1) is 0 Å². The number of nitrogens with one attached hydrogen (secondary N) is 2. The Morgan fingerprint density at radius 1 is 1.26 bits per heavy atom. The Morgan fingerprint density at radius 2 is 2.07 bits per heavy atom. The molecule has 0 aliphatic heterocycles. The number of rotatable bonds is 6. The Balaban J connectivity index is 1.61. The molecule has 0 saturated heterocycles. The molecule has 7 heteroatoms. The highest BCUT2D eigenvalue weighted by Crippen LogP contribution is 2.29. The molecule has 0 spiro atoms. The van der Waals surface area contributed by atoms with Gasteiger partial charge in [0.15, 0.2) is 5.82 Å². The molecule has 2 N–H and O–H groups in total. The molecule has 2 aromatic rings. The third-order valence-corrected chi connectivity index (χ3v) is 4.44. The lowest BCUT2D eigenvalue weighted by Crippen LogP contribution is -2.40. The van der Waals surface area contributed by atoms with Crippen LogP contribution < -0.4 is 10.6 Å². The van der Waals surface area contributed by atoms with E-state index >= 15 is 0 Å². The molecule has 1 aromatic carbocycles. The van der Waals surface area contributed by atoms with Crippen molar-refractivity contribution in [3.63, 3.8) is 0 Å². The van der Waals surface area contributed by atoms with Gasteiger partial charge in [0.05, 0.1) is 19.1 Å². The van der Waals surface area contributed by atoms with Crippen LogP contribution in [0.4, 0.5) is 4.79 Å². The van der Waals surface area contributed by atoms with E-state index < -0.39 is 0 Å². The fraction of sp³-hybridized carbons (Fsp3) is 0.400. The molecule has 1 unspecified atom stereocenters. The van der Waals surface area contributed by atoms with Gasteiger partial charge in [-0.15, -0.1) is 0 Å². The number of benzene rings is 1. The van der Waals surface area contributed by atoms with Gasteiger partial charge >= 0.3 is 12.0 Å². The number of nitrogens with zero attached hydrogens (tertiary/aromatic N) is 2. The highest BCUT2D eigenvalue weighted by atomic mass is 16.5. The number of urea groups is 1. The first kappa shape index (κ1) is 18.8. The van der Waals surface area contributed by atoms with Gasteiger partial charge in [-0.05, 0) is 26.2 Å².